The van der Waals surface area contributed by atoms with Crippen LogP contribution in [0.3, 0.4) is 0 Å². The number of hydrogen-bond acceptors (Lipinski definition) is 2. The molecule has 0 aliphatic rings. The lowest BCUT2D eigenvalue weighted by Gasteiger charge is -2.19. The Kier molecular flexibility index (Phi) is 5.02. The highest BCUT2D eigenvalue weighted by Gasteiger charge is 2.18. The lowest BCUT2D eigenvalue weighted by atomic mass is 10.3. The van der Waals surface area contributed by atoms with Gasteiger partial charge in [0.05, 0.1) is 5.02 Å². The van der Waals surface area contributed by atoms with Crippen molar-refractivity contribution in [2.45, 2.75) is 19.9 Å². The minimum Gasteiger partial charge on any atom is -0.339 e. The molecule has 1 N–H and O–H groups in total. The second-order valence-electron chi connectivity index (χ2n) is 4.37. The Morgan fingerprint density at radius 2 is 2.24 bits per heavy atom. The number of rotatable bonds is 5. The zero-order valence-corrected chi connectivity index (χ0v) is 11.6. The third-order valence-electron chi connectivity index (χ3n) is 2.63. The van der Waals surface area contributed by atoms with E-state index in [-0.39, 0.29) is 11.9 Å². The molecule has 0 aromatic carbocycles. The molecule has 0 saturated heterocycles. The van der Waals surface area contributed by atoms with Gasteiger partial charge in [-0.3, -0.25) is 4.79 Å². The number of likely N-dealkylation sites (N-methyl/N-ethyl adjacent to an activating group) is 2. The van der Waals surface area contributed by atoms with Crippen LogP contribution >= 0.6 is 11.6 Å². The summed E-state index contributed by atoms with van der Waals surface area (Å²) in [4.78, 5) is 13.9. The zero-order chi connectivity index (χ0) is 13.0. The minimum atomic E-state index is 0.000787. The molecule has 0 fully saturated rings. The third-order valence-corrected chi connectivity index (χ3v) is 2.84. The number of aromatic nitrogens is 1. The van der Waals surface area contributed by atoms with Crippen LogP contribution in [0.25, 0.3) is 0 Å². The average molecular weight is 258 g/mol. The summed E-state index contributed by atoms with van der Waals surface area (Å²) < 4.78 is 1.90. The molecule has 0 aliphatic carbocycles. The number of halogens is 1. The summed E-state index contributed by atoms with van der Waals surface area (Å²) in [6.07, 6.45) is 1.80. The number of nitrogens with zero attached hydrogens (tertiary/aromatic N) is 2. The molecular formula is C12H20ClN3O. The van der Waals surface area contributed by atoms with Crippen LogP contribution < -0.4 is 5.32 Å². The van der Waals surface area contributed by atoms with Crippen molar-refractivity contribution in [3.05, 3.63) is 23.0 Å². The van der Waals surface area contributed by atoms with Crippen LogP contribution in [0.15, 0.2) is 12.3 Å². The van der Waals surface area contributed by atoms with Crippen molar-refractivity contribution in [1.29, 1.82) is 0 Å². The van der Waals surface area contributed by atoms with Gasteiger partial charge in [0, 0.05) is 32.4 Å². The molecule has 0 aliphatic heterocycles. The van der Waals surface area contributed by atoms with E-state index in [1.807, 2.05) is 25.5 Å². The highest BCUT2D eigenvalue weighted by molar-refractivity contribution is 6.31. The third kappa shape index (κ3) is 3.48. The van der Waals surface area contributed by atoms with Crippen LogP contribution in [-0.4, -0.2) is 42.6 Å². The maximum atomic E-state index is 12.2. The fraction of sp³-hybridized carbons (Fsp3) is 0.583. The first-order chi connectivity index (χ1) is 7.97. The Morgan fingerprint density at radius 1 is 1.59 bits per heavy atom. The predicted molar refractivity (Wildman–Crippen MR) is 70.7 cm³/mol. The molecular weight excluding hydrogens is 238 g/mol. The lowest BCUT2D eigenvalue weighted by Crippen LogP contribution is -2.34. The highest BCUT2D eigenvalue weighted by Crippen LogP contribution is 2.19. The summed E-state index contributed by atoms with van der Waals surface area (Å²) in [5, 5.41) is 3.62. The Balaban J connectivity index is 2.87. The molecule has 0 radical (unpaired) electrons. The normalized spacial score (nSPS) is 10.9. The number of hydrogen-bond donors (Lipinski definition) is 1. The molecule has 0 bridgehead atoms. The van der Waals surface area contributed by atoms with Crippen LogP contribution in [0.4, 0.5) is 0 Å². The van der Waals surface area contributed by atoms with E-state index in [9.17, 15) is 4.79 Å². The van der Waals surface area contributed by atoms with Gasteiger partial charge in [-0.2, -0.15) is 0 Å². The molecule has 0 saturated carbocycles. The van der Waals surface area contributed by atoms with Crippen LogP contribution in [0.5, 0.6) is 0 Å². The van der Waals surface area contributed by atoms with E-state index < -0.39 is 0 Å². The molecule has 0 unspecified atom stereocenters. The van der Waals surface area contributed by atoms with Crippen molar-refractivity contribution >= 4 is 17.5 Å². The van der Waals surface area contributed by atoms with Crippen LogP contribution in [0, 0.1) is 0 Å². The van der Waals surface area contributed by atoms with Gasteiger partial charge in [-0.15, -0.1) is 0 Å². The van der Waals surface area contributed by atoms with Gasteiger partial charge in [-0.05, 0) is 27.0 Å². The largest absolute Gasteiger partial charge is 0.339 e. The van der Waals surface area contributed by atoms with Gasteiger partial charge in [0.25, 0.3) is 5.91 Å². The van der Waals surface area contributed by atoms with Gasteiger partial charge in [-0.25, -0.2) is 0 Å². The van der Waals surface area contributed by atoms with Crippen molar-refractivity contribution in [3.8, 4) is 0 Å². The molecule has 0 spiro atoms. The summed E-state index contributed by atoms with van der Waals surface area (Å²) in [5.41, 5.74) is 0.642. The molecule has 1 heterocycles. The topological polar surface area (TPSA) is 37.3 Å². The van der Waals surface area contributed by atoms with E-state index in [4.69, 9.17) is 11.6 Å². The second kappa shape index (κ2) is 6.07. The van der Waals surface area contributed by atoms with Crippen molar-refractivity contribution in [2.24, 2.45) is 0 Å². The Morgan fingerprint density at radius 3 is 2.76 bits per heavy atom. The molecule has 1 aromatic rings. The molecule has 1 amide bonds. The Bertz CT molecular complexity index is 387. The molecule has 17 heavy (non-hydrogen) atoms. The van der Waals surface area contributed by atoms with Crippen LogP contribution in [0.2, 0.25) is 5.02 Å². The first kappa shape index (κ1) is 14.1. The summed E-state index contributed by atoms with van der Waals surface area (Å²) >= 11 is 5.96. The van der Waals surface area contributed by atoms with Crippen molar-refractivity contribution in [3.63, 3.8) is 0 Å². The molecule has 4 nitrogen and oxygen atoms in total. The first-order valence-corrected chi connectivity index (χ1v) is 6.12. The summed E-state index contributed by atoms with van der Waals surface area (Å²) in [7, 11) is 3.66. The Labute approximate surface area is 108 Å². The number of amides is 1. The SMILES string of the molecule is CNCCN(C)C(=O)c1cc(Cl)cn1C(C)C. The average Bonchev–Trinajstić information content (AvgIpc) is 2.67. The van der Waals surface area contributed by atoms with Gasteiger partial charge in [0.15, 0.2) is 0 Å². The summed E-state index contributed by atoms with van der Waals surface area (Å²) in [5.74, 6) is 0.000787. The summed E-state index contributed by atoms with van der Waals surface area (Å²) in [6.45, 7) is 5.51. The van der Waals surface area contributed by atoms with Gasteiger partial charge >= 0.3 is 0 Å². The second-order valence-corrected chi connectivity index (χ2v) is 4.81. The van der Waals surface area contributed by atoms with E-state index in [0.717, 1.165) is 6.54 Å². The van der Waals surface area contributed by atoms with E-state index in [1.54, 1.807) is 24.2 Å². The number of carbonyl (C=O) groups excluding carboxylic acids is 1. The molecule has 5 heteroatoms. The van der Waals surface area contributed by atoms with Gasteiger partial charge < -0.3 is 14.8 Å². The predicted octanol–water partition coefficient (Wildman–Crippen LogP) is 2.01. The van der Waals surface area contributed by atoms with Gasteiger partial charge in [-0.1, -0.05) is 11.6 Å². The summed E-state index contributed by atoms with van der Waals surface area (Å²) in [6, 6.07) is 1.94. The van der Waals surface area contributed by atoms with Crippen LogP contribution in [0.1, 0.15) is 30.4 Å². The maximum absolute atomic E-state index is 12.2. The van der Waals surface area contributed by atoms with E-state index >= 15 is 0 Å². The highest BCUT2D eigenvalue weighted by atomic mass is 35.5. The van der Waals surface area contributed by atoms with E-state index in [2.05, 4.69) is 5.32 Å². The smallest absolute Gasteiger partial charge is 0.270 e. The fourth-order valence-corrected chi connectivity index (χ4v) is 1.83. The van der Waals surface area contributed by atoms with Crippen molar-refractivity contribution in [1.82, 2.24) is 14.8 Å². The number of carbonyl (C=O) groups is 1. The molecule has 96 valence electrons. The maximum Gasteiger partial charge on any atom is 0.270 e. The molecule has 0 atom stereocenters. The molecule has 1 rings (SSSR count). The standard InChI is InChI=1S/C12H20ClN3O/c1-9(2)16-8-10(13)7-11(16)12(17)15(4)6-5-14-3/h7-9,14H,5-6H2,1-4H3. The minimum absolute atomic E-state index is 0.000787. The van der Waals surface area contributed by atoms with Crippen molar-refractivity contribution in [2.75, 3.05) is 27.2 Å². The van der Waals surface area contributed by atoms with Gasteiger partial charge in [0.2, 0.25) is 0 Å². The van der Waals surface area contributed by atoms with Crippen LogP contribution in [-0.2, 0) is 0 Å². The zero-order valence-electron chi connectivity index (χ0n) is 10.8. The quantitative estimate of drug-likeness (QED) is 0.876. The fourth-order valence-electron chi connectivity index (χ4n) is 1.62. The first-order valence-electron chi connectivity index (χ1n) is 5.74. The lowest BCUT2D eigenvalue weighted by molar-refractivity contribution is 0.0784. The van der Waals surface area contributed by atoms with Gasteiger partial charge in [0.1, 0.15) is 5.69 Å². The van der Waals surface area contributed by atoms with Crippen molar-refractivity contribution < 1.29 is 4.79 Å². The Hall–Kier alpha value is -1.00. The number of nitrogens with one attached hydrogen (secondary N) is 1. The van der Waals surface area contributed by atoms with E-state index in [1.165, 1.54) is 0 Å². The monoisotopic (exact) mass is 257 g/mol. The van der Waals surface area contributed by atoms with E-state index in [0.29, 0.717) is 17.3 Å². The molecule has 1 aromatic heterocycles.